The van der Waals surface area contributed by atoms with E-state index < -0.39 is 59.6 Å². The van der Waals surface area contributed by atoms with Crippen LogP contribution in [-0.4, -0.2) is 80.8 Å². The molecular formula is C25H24ClF2N5O5S. The van der Waals surface area contributed by atoms with Gasteiger partial charge in [0.15, 0.2) is 6.10 Å². The molecule has 206 valence electrons. The second-order valence-corrected chi connectivity index (χ2v) is 10.1. The number of fused-ring (bicyclic) bond motifs is 1. The van der Waals surface area contributed by atoms with Gasteiger partial charge in [-0.15, -0.1) is 16.4 Å². The molecule has 14 heteroatoms. The summed E-state index contributed by atoms with van der Waals surface area (Å²) in [5, 5.41) is 28.4. The molecule has 0 aliphatic carbocycles. The topological polar surface area (TPSA) is 123 Å². The number of aliphatic hydroxyl groups is 2. The zero-order valence-electron chi connectivity index (χ0n) is 20.7. The molecule has 5 atom stereocenters. The van der Waals surface area contributed by atoms with E-state index in [1.54, 1.807) is 11.6 Å². The van der Waals surface area contributed by atoms with Gasteiger partial charge in [0.2, 0.25) is 0 Å². The number of rotatable bonds is 7. The number of ether oxygens (including phenoxy) is 2. The fraction of sp³-hybridized carbons (Fsp3) is 0.360. The summed E-state index contributed by atoms with van der Waals surface area (Å²) in [5.41, 5.74) is 3.31. The number of carbonyl (C=O) groups is 1. The highest BCUT2D eigenvalue weighted by Gasteiger charge is 2.50. The normalized spacial score (nSPS) is 23.3. The molecule has 2 aromatic heterocycles. The second-order valence-electron chi connectivity index (χ2n) is 8.88. The summed E-state index contributed by atoms with van der Waals surface area (Å²) >= 11 is 7.03. The first-order valence-corrected chi connectivity index (χ1v) is 13.2. The molecule has 5 rings (SSSR count). The Balaban J connectivity index is 1.49. The van der Waals surface area contributed by atoms with E-state index >= 15 is 0 Å². The van der Waals surface area contributed by atoms with Crippen LogP contribution in [0.15, 0.2) is 42.0 Å². The van der Waals surface area contributed by atoms with E-state index in [9.17, 15) is 23.8 Å². The Morgan fingerprint density at radius 1 is 1.28 bits per heavy atom. The van der Waals surface area contributed by atoms with Crippen molar-refractivity contribution in [3.63, 3.8) is 0 Å². The van der Waals surface area contributed by atoms with E-state index in [-0.39, 0.29) is 11.3 Å². The molecule has 1 aliphatic rings. The Morgan fingerprint density at radius 3 is 2.69 bits per heavy atom. The van der Waals surface area contributed by atoms with Gasteiger partial charge < -0.3 is 24.6 Å². The summed E-state index contributed by atoms with van der Waals surface area (Å²) in [5.74, 6) is -2.39. The van der Waals surface area contributed by atoms with E-state index in [0.29, 0.717) is 12.2 Å². The van der Waals surface area contributed by atoms with E-state index in [0.717, 1.165) is 22.3 Å². The maximum Gasteiger partial charge on any atom is 0.258 e. The van der Waals surface area contributed by atoms with E-state index in [4.69, 9.17) is 21.1 Å². The standard InChI is InChI=1S/C25H24ClF2N5O5S/c1-3-32(13-4-5-16-19(8-13)39-11-29-16)25(36)24-23(37-2)21(22(35)18(10-34)38-24)33-9-17(30-31-33)12-6-14(27)20(26)15(28)7-12/h4-9,11,18,21-24,34-35H,3,10H2,1-2H3/t18-,21+,22+,23-,24-/m1/s1. The molecule has 0 bridgehead atoms. The number of aromatic nitrogens is 4. The van der Waals surface area contributed by atoms with Gasteiger partial charge in [-0.05, 0) is 37.3 Å². The third-order valence-corrected chi connectivity index (χ3v) is 7.84. The van der Waals surface area contributed by atoms with Crippen LogP contribution in [0, 0.1) is 11.6 Å². The lowest BCUT2D eigenvalue weighted by Gasteiger charge is -2.44. The van der Waals surface area contributed by atoms with Gasteiger partial charge in [0.05, 0.1) is 28.5 Å². The van der Waals surface area contributed by atoms with Crippen LogP contribution in [0.5, 0.6) is 0 Å². The monoisotopic (exact) mass is 579 g/mol. The Kier molecular flexibility index (Phi) is 7.89. The highest BCUT2D eigenvalue weighted by Crippen LogP contribution is 2.35. The maximum absolute atomic E-state index is 14.0. The van der Waals surface area contributed by atoms with Gasteiger partial charge >= 0.3 is 0 Å². The number of amides is 1. The van der Waals surface area contributed by atoms with Crippen molar-refractivity contribution in [1.82, 2.24) is 20.0 Å². The van der Waals surface area contributed by atoms with Crippen molar-refractivity contribution in [2.45, 2.75) is 37.4 Å². The van der Waals surface area contributed by atoms with Crippen LogP contribution < -0.4 is 4.90 Å². The fourth-order valence-electron chi connectivity index (χ4n) is 4.75. The number of thiazole rings is 1. The smallest absolute Gasteiger partial charge is 0.258 e. The number of likely N-dealkylation sites (N-methyl/N-ethyl adjacent to an activating group) is 1. The highest BCUT2D eigenvalue weighted by molar-refractivity contribution is 7.16. The molecular weight excluding hydrogens is 556 g/mol. The third kappa shape index (κ3) is 5.01. The molecule has 1 fully saturated rings. The number of carbonyl (C=O) groups excluding carboxylic acids is 1. The number of nitrogens with zero attached hydrogens (tertiary/aromatic N) is 5. The number of anilines is 1. The Labute approximate surface area is 230 Å². The zero-order chi connectivity index (χ0) is 27.8. The molecule has 39 heavy (non-hydrogen) atoms. The zero-order valence-corrected chi connectivity index (χ0v) is 22.3. The minimum absolute atomic E-state index is 0.0677. The van der Waals surface area contributed by atoms with Gasteiger partial charge in [0, 0.05) is 24.9 Å². The van der Waals surface area contributed by atoms with Gasteiger partial charge in [-0.1, -0.05) is 16.8 Å². The van der Waals surface area contributed by atoms with Crippen LogP contribution in [0.2, 0.25) is 5.02 Å². The van der Waals surface area contributed by atoms with E-state index in [1.807, 2.05) is 19.1 Å². The number of benzene rings is 2. The first-order chi connectivity index (χ1) is 18.8. The molecule has 1 saturated heterocycles. The lowest BCUT2D eigenvalue weighted by molar-refractivity contribution is -0.211. The summed E-state index contributed by atoms with van der Waals surface area (Å²) < 4.78 is 41.8. The molecule has 10 nitrogen and oxygen atoms in total. The Bertz CT molecular complexity index is 1480. The SMILES string of the molecule is CCN(C(=O)[C@@H]1O[C@H](CO)[C@H](O)[C@H](n2cc(-c3cc(F)c(Cl)c(F)c3)nn2)[C@H]1OC)c1ccc2ncsc2c1. The summed E-state index contributed by atoms with van der Waals surface area (Å²) in [6.07, 6.45) is -3.46. The Morgan fingerprint density at radius 2 is 2.03 bits per heavy atom. The molecule has 4 aromatic rings. The van der Waals surface area contributed by atoms with Gasteiger partial charge in [0.1, 0.15) is 46.7 Å². The summed E-state index contributed by atoms with van der Waals surface area (Å²) in [6.45, 7) is 1.52. The van der Waals surface area contributed by atoms with Crippen LogP contribution in [0.1, 0.15) is 13.0 Å². The Hall–Kier alpha value is -3.07. The molecule has 2 aromatic carbocycles. The van der Waals surface area contributed by atoms with Crippen molar-refractivity contribution in [2.75, 3.05) is 25.2 Å². The largest absolute Gasteiger partial charge is 0.394 e. The average molecular weight is 580 g/mol. The lowest BCUT2D eigenvalue weighted by atomic mass is 9.91. The minimum Gasteiger partial charge on any atom is -0.394 e. The van der Waals surface area contributed by atoms with Crippen molar-refractivity contribution >= 4 is 44.7 Å². The van der Waals surface area contributed by atoms with Crippen molar-refractivity contribution in [3.8, 4) is 11.3 Å². The molecule has 0 saturated carbocycles. The second kappa shape index (κ2) is 11.2. The van der Waals surface area contributed by atoms with Crippen molar-refractivity contribution < 1.29 is 33.3 Å². The van der Waals surface area contributed by atoms with E-state index in [1.165, 1.54) is 34.2 Å². The van der Waals surface area contributed by atoms with Crippen molar-refractivity contribution in [3.05, 3.63) is 58.7 Å². The van der Waals surface area contributed by atoms with Gasteiger partial charge in [-0.3, -0.25) is 4.79 Å². The number of hydrogen-bond donors (Lipinski definition) is 2. The third-order valence-electron chi connectivity index (χ3n) is 6.69. The molecule has 3 heterocycles. The molecule has 0 spiro atoms. The van der Waals surface area contributed by atoms with Crippen LogP contribution in [-0.2, 0) is 14.3 Å². The number of halogens is 3. The number of hydrogen-bond acceptors (Lipinski definition) is 9. The van der Waals surface area contributed by atoms with Gasteiger partial charge in [-0.2, -0.15) is 0 Å². The highest BCUT2D eigenvalue weighted by atomic mass is 35.5. The predicted octanol–water partition coefficient (Wildman–Crippen LogP) is 3.22. The van der Waals surface area contributed by atoms with Crippen molar-refractivity contribution in [1.29, 1.82) is 0 Å². The maximum atomic E-state index is 14.0. The summed E-state index contributed by atoms with van der Waals surface area (Å²) in [6, 6.07) is 6.42. The molecule has 0 radical (unpaired) electrons. The first-order valence-electron chi connectivity index (χ1n) is 12.0. The van der Waals surface area contributed by atoms with Gasteiger partial charge in [0.25, 0.3) is 5.91 Å². The minimum atomic E-state index is -1.36. The first kappa shape index (κ1) is 27.5. The van der Waals surface area contributed by atoms with Crippen LogP contribution in [0.3, 0.4) is 0 Å². The molecule has 0 unspecified atom stereocenters. The summed E-state index contributed by atoms with van der Waals surface area (Å²) in [4.78, 5) is 19.6. The van der Waals surface area contributed by atoms with Crippen LogP contribution in [0.25, 0.3) is 21.5 Å². The van der Waals surface area contributed by atoms with E-state index in [2.05, 4.69) is 15.3 Å². The number of methoxy groups -OCH3 is 1. The van der Waals surface area contributed by atoms with Crippen molar-refractivity contribution in [2.24, 2.45) is 0 Å². The molecule has 2 N–H and O–H groups in total. The number of aliphatic hydroxyl groups excluding tert-OH is 2. The average Bonchev–Trinajstić information content (AvgIpc) is 3.61. The van der Waals surface area contributed by atoms with Gasteiger partial charge in [-0.25, -0.2) is 18.4 Å². The molecule has 1 aliphatic heterocycles. The lowest BCUT2D eigenvalue weighted by Crippen LogP contribution is -2.61. The summed E-state index contributed by atoms with van der Waals surface area (Å²) in [7, 11) is 1.36. The predicted molar refractivity (Wildman–Crippen MR) is 140 cm³/mol. The van der Waals surface area contributed by atoms with Crippen LogP contribution >= 0.6 is 22.9 Å². The quantitative estimate of drug-likeness (QED) is 0.320. The molecule has 1 amide bonds. The fourth-order valence-corrected chi connectivity index (χ4v) is 5.57. The van der Waals surface area contributed by atoms with Crippen LogP contribution in [0.4, 0.5) is 14.5 Å².